The molecule has 0 saturated carbocycles. The van der Waals surface area contributed by atoms with Crippen LogP contribution in [-0.2, 0) is 6.54 Å². The molecule has 0 bridgehead atoms. The zero-order valence-electron chi connectivity index (χ0n) is 10.7. The van der Waals surface area contributed by atoms with Crippen molar-refractivity contribution in [1.82, 2.24) is 10.6 Å². The molecule has 2 amide bonds. The molecule has 0 aliphatic rings. The molecular weight excluding hydrogens is 256 g/mol. The maximum atomic E-state index is 11.5. The molecule has 0 radical (unpaired) electrons. The van der Waals surface area contributed by atoms with Crippen LogP contribution in [0.4, 0.5) is 4.79 Å². The van der Waals surface area contributed by atoms with Gasteiger partial charge < -0.3 is 10.6 Å². The minimum Gasteiger partial charge on any atom is -0.338 e. The first-order chi connectivity index (χ1) is 9.29. The molecule has 0 aromatic heterocycles. The fourth-order valence-electron chi connectivity index (χ4n) is 1.87. The van der Waals surface area contributed by atoms with E-state index in [0.29, 0.717) is 13.1 Å². The number of benzene rings is 2. The summed E-state index contributed by atoms with van der Waals surface area (Å²) in [5.41, 5.74) is 1.10. The Labute approximate surface area is 118 Å². The molecule has 0 spiro atoms. The van der Waals surface area contributed by atoms with Gasteiger partial charge in [-0.05, 0) is 34.6 Å². The molecule has 0 aliphatic carbocycles. The van der Waals surface area contributed by atoms with E-state index in [2.05, 4.69) is 47.5 Å². The SMILES string of the molecule is O=C(NCCCS)NCc1ccc2ccccc2c1. The fraction of sp³-hybridized carbons (Fsp3) is 0.267. The number of amides is 2. The Bertz CT molecular complexity index is 557. The predicted molar refractivity (Wildman–Crippen MR) is 82.7 cm³/mol. The quantitative estimate of drug-likeness (QED) is 0.569. The van der Waals surface area contributed by atoms with Crippen molar-refractivity contribution in [3.8, 4) is 0 Å². The average molecular weight is 274 g/mol. The molecule has 19 heavy (non-hydrogen) atoms. The van der Waals surface area contributed by atoms with Crippen molar-refractivity contribution < 1.29 is 4.79 Å². The molecular formula is C15H18N2OS. The summed E-state index contributed by atoms with van der Waals surface area (Å²) >= 11 is 4.10. The minimum atomic E-state index is -0.130. The topological polar surface area (TPSA) is 41.1 Å². The summed E-state index contributed by atoms with van der Waals surface area (Å²) in [6.07, 6.45) is 0.881. The van der Waals surface area contributed by atoms with Gasteiger partial charge in [0.25, 0.3) is 0 Å². The summed E-state index contributed by atoms with van der Waals surface area (Å²) in [6, 6.07) is 14.3. The van der Waals surface area contributed by atoms with Crippen LogP contribution in [0.1, 0.15) is 12.0 Å². The predicted octanol–water partition coefficient (Wildman–Crippen LogP) is 2.96. The highest BCUT2D eigenvalue weighted by atomic mass is 32.1. The molecule has 0 atom stereocenters. The Kier molecular flexibility index (Phi) is 5.10. The number of urea groups is 1. The van der Waals surface area contributed by atoms with E-state index < -0.39 is 0 Å². The van der Waals surface area contributed by atoms with Crippen LogP contribution in [0.2, 0.25) is 0 Å². The van der Waals surface area contributed by atoms with E-state index in [4.69, 9.17) is 0 Å². The van der Waals surface area contributed by atoms with Crippen molar-refractivity contribution in [2.24, 2.45) is 0 Å². The van der Waals surface area contributed by atoms with Crippen LogP contribution in [0.15, 0.2) is 42.5 Å². The van der Waals surface area contributed by atoms with Gasteiger partial charge in [-0.25, -0.2) is 4.79 Å². The van der Waals surface area contributed by atoms with Gasteiger partial charge in [0, 0.05) is 13.1 Å². The molecule has 2 aromatic rings. The Morgan fingerprint density at radius 2 is 1.84 bits per heavy atom. The number of carbonyl (C=O) groups excluding carboxylic acids is 1. The summed E-state index contributed by atoms with van der Waals surface area (Å²) in [7, 11) is 0. The van der Waals surface area contributed by atoms with E-state index in [1.165, 1.54) is 10.8 Å². The van der Waals surface area contributed by atoms with Gasteiger partial charge in [-0.15, -0.1) is 0 Å². The number of nitrogens with one attached hydrogen (secondary N) is 2. The summed E-state index contributed by atoms with van der Waals surface area (Å²) in [4.78, 5) is 11.5. The monoisotopic (exact) mass is 274 g/mol. The van der Waals surface area contributed by atoms with Crippen molar-refractivity contribution >= 4 is 29.4 Å². The zero-order valence-corrected chi connectivity index (χ0v) is 11.6. The van der Waals surface area contributed by atoms with Gasteiger partial charge in [-0.3, -0.25) is 0 Å². The summed E-state index contributed by atoms with van der Waals surface area (Å²) in [6.45, 7) is 1.20. The summed E-state index contributed by atoms with van der Waals surface area (Å²) in [5, 5.41) is 8.04. The van der Waals surface area contributed by atoms with Gasteiger partial charge in [0.15, 0.2) is 0 Å². The first-order valence-corrected chi connectivity index (χ1v) is 7.03. The normalized spacial score (nSPS) is 10.4. The molecule has 0 unspecified atom stereocenters. The second kappa shape index (κ2) is 7.04. The third kappa shape index (κ3) is 4.17. The second-order valence-corrected chi connectivity index (χ2v) is 4.82. The Morgan fingerprint density at radius 3 is 2.63 bits per heavy atom. The van der Waals surface area contributed by atoms with Crippen molar-refractivity contribution in [3.05, 3.63) is 48.0 Å². The molecule has 2 rings (SSSR count). The average Bonchev–Trinajstić information content (AvgIpc) is 2.45. The zero-order chi connectivity index (χ0) is 13.5. The largest absolute Gasteiger partial charge is 0.338 e. The van der Waals surface area contributed by atoms with Gasteiger partial charge in [0.1, 0.15) is 0 Å². The molecule has 100 valence electrons. The summed E-state index contributed by atoms with van der Waals surface area (Å²) < 4.78 is 0. The van der Waals surface area contributed by atoms with E-state index >= 15 is 0 Å². The molecule has 0 saturated heterocycles. The van der Waals surface area contributed by atoms with Crippen molar-refractivity contribution in [2.75, 3.05) is 12.3 Å². The van der Waals surface area contributed by atoms with E-state index in [1.807, 2.05) is 18.2 Å². The highest BCUT2D eigenvalue weighted by molar-refractivity contribution is 7.80. The van der Waals surface area contributed by atoms with Gasteiger partial charge in [-0.2, -0.15) is 12.6 Å². The van der Waals surface area contributed by atoms with E-state index in [-0.39, 0.29) is 6.03 Å². The number of hydrogen-bond acceptors (Lipinski definition) is 2. The second-order valence-electron chi connectivity index (χ2n) is 4.37. The van der Waals surface area contributed by atoms with Crippen molar-refractivity contribution in [2.45, 2.75) is 13.0 Å². The lowest BCUT2D eigenvalue weighted by Gasteiger charge is -2.08. The van der Waals surface area contributed by atoms with Gasteiger partial charge >= 0.3 is 6.03 Å². The van der Waals surface area contributed by atoms with E-state index in [0.717, 1.165) is 17.7 Å². The Morgan fingerprint density at radius 1 is 1.05 bits per heavy atom. The van der Waals surface area contributed by atoms with Crippen LogP contribution in [0.5, 0.6) is 0 Å². The van der Waals surface area contributed by atoms with Crippen molar-refractivity contribution in [1.29, 1.82) is 0 Å². The van der Waals surface area contributed by atoms with Crippen LogP contribution >= 0.6 is 12.6 Å². The van der Waals surface area contributed by atoms with Crippen LogP contribution < -0.4 is 10.6 Å². The van der Waals surface area contributed by atoms with Crippen LogP contribution in [-0.4, -0.2) is 18.3 Å². The number of carbonyl (C=O) groups is 1. The minimum absolute atomic E-state index is 0.130. The van der Waals surface area contributed by atoms with Crippen molar-refractivity contribution in [3.63, 3.8) is 0 Å². The lowest BCUT2D eigenvalue weighted by molar-refractivity contribution is 0.240. The number of fused-ring (bicyclic) bond motifs is 1. The number of rotatable bonds is 5. The maximum Gasteiger partial charge on any atom is 0.315 e. The molecule has 0 heterocycles. The van der Waals surface area contributed by atoms with Crippen LogP contribution in [0.25, 0.3) is 10.8 Å². The third-order valence-electron chi connectivity index (χ3n) is 2.89. The molecule has 0 fully saturated rings. The fourth-order valence-corrected chi connectivity index (χ4v) is 2.03. The van der Waals surface area contributed by atoms with Crippen LogP contribution in [0, 0.1) is 0 Å². The molecule has 2 N–H and O–H groups in total. The summed E-state index contributed by atoms with van der Waals surface area (Å²) in [5.74, 6) is 0.783. The first-order valence-electron chi connectivity index (χ1n) is 6.40. The maximum absolute atomic E-state index is 11.5. The standard InChI is InChI=1S/C15H18N2OS/c18-15(16-8-3-9-19)17-11-12-6-7-13-4-1-2-5-14(13)10-12/h1-2,4-7,10,19H,3,8-9,11H2,(H2,16,17,18). The van der Waals surface area contributed by atoms with Gasteiger partial charge in [0.2, 0.25) is 0 Å². The Balaban J connectivity index is 1.89. The van der Waals surface area contributed by atoms with Gasteiger partial charge in [0.05, 0.1) is 0 Å². The van der Waals surface area contributed by atoms with E-state index in [1.54, 1.807) is 0 Å². The highest BCUT2D eigenvalue weighted by Crippen LogP contribution is 2.15. The van der Waals surface area contributed by atoms with Gasteiger partial charge in [-0.1, -0.05) is 36.4 Å². The van der Waals surface area contributed by atoms with Crippen LogP contribution in [0.3, 0.4) is 0 Å². The number of thiol groups is 1. The molecule has 0 aliphatic heterocycles. The highest BCUT2D eigenvalue weighted by Gasteiger charge is 2.00. The molecule has 2 aromatic carbocycles. The molecule has 4 heteroatoms. The lowest BCUT2D eigenvalue weighted by Crippen LogP contribution is -2.35. The Hall–Kier alpha value is -1.68. The smallest absolute Gasteiger partial charge is 0.315 e. The number of hydrogen-bond donors (Lipinski definition) is 3. The van der Waals surface area contributed by atoms with E-state index in [9.17, 15) is 4.79 Å². The lowest BCUT2D eigenvalue weighted by atomic mass is 10.1. The molecule has 3 nitrogen and oxygen atoms in total. The third-order valence-corrected chi connectivity index (χ3v) is 3.20. The first kappa shape index (κ1) is 13.7.